The molecule has 1 heterocycles. The molecule has 0 unspecified atom stereocenters. The van der Waals surface area contributed by atoms with Crippen LogP contribution in [0, 0.1) is 0 Å². The highest BCUT2D eigenvalue weighted by molar-refractivity contribution is 8.13. The SMILES string of the molecule is CCCCCCn1cc(S(=O)(=O)Cl)cn1. The maximum Gasteiger partial charge on any atom is 0.264 e. The predicted octanol–water partition coefficient (Wildman–Crippen LogP) is 2.39. The van der Waals surface area contributed by atoms with Gasteiger partial charge in [-0.1, -0.05) is 26.2 Å². The summed E-state index contributed by atoms with van der Waals surface area (Å²) in [5, 5.41) is 3.93. The van der Waals surface area contributed by atoms with Crippen LogP contribution in [0.5, 0.6) is 0 Å². The fourth-order valence-corrected chi connectivity index (χ4v) is 1.95. The number of halogens is 1. The molecule has 0 N–H and O–H groups in total. The molecule has 0 radical (unpaired) electrons. The molecule has 0 bridgehead atoms. The Morgan fingerprint density at radius 2 is 2.13 bits per heavy atom. The summed E-state index contributed by atoms with van der Waals surface area (Å²) in [4.78, 5) is 0.0691. The summed E-state index contributed by atoms with van der Waals surface area (Å²) in [7, 11) is 1.55. The zero-order chi connectivity index (χ0) is 11.3. The van der Waals surface area contributed by atoms with Crippen LogP contribution >= 0.6 is 10.7 Å². The molecule has 0 fully saturated rings. The molecule has 1 aromatic heterocycles. The van der Waals surface area contributed by atoms with Crippen molar-refractivity contribution in [2.45, 2.75) is 44.0 Å². The fourth-order valence-electron chi connectivity index (χ4n) is 1.29. The summed E-state index contributed by atoms with van der Waals surface area (Å²) in [6, 6.07) is 0. The van der Waals surface area contributed by atoms with Crippen LogP contribution in [0.3, 0.4) is 0 Å². The lowest BCUT2D eigenvalue weighted by Gasteiger charge is -1.99. The van der Waals surface area contributed by atoms with E-state index in [1.165, 1.54) is 25.2 Å². The molecular formula is C9H15ClN2O2S. The van der Waals surface area contributed by atoms with Gasteiger partial charge in [-0.2, -0.15) is 5.10 Å². The second-order valence-electron chi connectivity index (χ2n) is 3.44. The van der Waals surface area contributed by atoms with Crippen LogP contribution < -0.4 is 0 Å². The number of unbranched alkanes of at least 4 members (excludes halogenated alkanes) is 3. The van der Waals surface area contributed by atoms with E-state index < -0.39 is 9.05 Å². The normalized spacial score (nSPS) is 11.9. The smallest absolute Gasteiger partial charge is 0.264 e. The monoisotopic (exact) mass is 250 g/mol. The summed E-state index contributed by atoms with van der Waals surface area (Å²) >= 11 is 0. The second kappa shape index (κ2) is 5.51. The van der Waals surface area contributed by atoms with Gasteiger partial charge in [-0.05, 0) is 6.42 Å². The van der Waals surface area contributed by atoms with E-state index in [2.05, 4.69) is 12.0 Å². The number of hydrogen-bond donors (Lipinski definition) is 0. The molecule has 0 amide bonds. The van der Waals surface area contributed by atoms with Gasteiger partial charge >= 0.3 is 0 Å². The molecule has 6 heteroatoms. The van der Waals surface area contributed by atoms with Gasteiger partial charge in [0.05, 0.1) is 6.20 Å². The first-order chi connectivity index (χ1) is 7.04. The van der Waals surface area contributed by atoms with Gasteiger partial charge in [-0.15, -0.1) is 0 Å². The van der Waals surface area contributed by atoms with Crippen molar-refractivity contribution < 1.29 is 8.42 Å². The molecular weight excluding hydrogens is 236 g/mol. The summed E-state index contributed by atoms with van der Waals surface area (Å²) in [6.07, 6.45) is 7.27. The molecule has 0 spiro atoms. The maximum absolute atomic E-state index is 10.9. The molecule has 0 saturated heterocycles. The average molecular weight is 251 g/mol. The Bertz CT molecular complexity index is 400. The van der Waals surface area contributed by atoms with Crippen LogP contribution in [0.1, 0.15) is 32.6 Å². The molecule has 0 atom stereocenters. The van der Waals surface area contributed by atoms with Crippen molar-refractivity contribution in [3.8, 4) is 0 Å². The van der Waals surface area contributed by atoms with Crippen molar-refractivity contribution in [2.75, 3.05) is 0 Å². The minimum absolute atomic E-state index is 0.0691. The van der Waals surface area contributed by atoms with Gasteiger partial charge in [-0.25, -0.2) is 8.42 Å². The number of nitrogens with zero attached hydrogens (tertiary/aromatic N) is 2. The van der Waals surface area contributed by atoms with Crippen molar-refractivity contribution >= 4 is 19.7 Å². The summed E-state index contributed by atoms with van der Waals surface area (Å²) in [5.74, 6) is 0. The van der Waals surface area contributed by atoms with Crippen LogP contribution in [-0.4, -0.2) is 18.2 Å². The molecule has 86 valence electrons. The van der Waals surface area contributed by atoms with Crippen molar-refractivity contribution in [2.24, 2.45) is 0 Å². The van der Waals surface area contributed by atoms with Gasteiger partial charge in [0.25, 0.3) is 9.05 Å². The highest BCUT2D eigenvalue weighted by Crippen LogP contribution is 2.13. The van der Waals surface area contributed by atoms with Crippen molar-refractivity contribution in [1.29, 1.82) is 0 Å². The van der Waals surface area contributed by atoms with Gasteiger partial charge in [0.2, 0.25) is 0 Å². The molecule has 0 aliphatic rings. The fraction of sp³-hybridized carbons (Fsp3) is 0.667. The summed E-state index contributed by atoms with van der Waals surface area (Å²) in [5.41, 5.74) is 0. The van der Waals surface area contributed by atoms with Crippen molar-refractivity contribution in [1.82, 2.24) is 9.78 Å². The summed E-state index contributed by atoms with van der Waals surface area (Å²) in [6.45, 7) is 2.89. The van der Waals surface area contributed by atoms with E-state index in [-0.39, 0.29) is 4.90 Å². The lowest BCUT2D eigenvalue weighted by molar-refractivity contribution is 0.540. The second-order valence-corrected chi connectivity index (χ2v) is 6.00. The first kappa shape index (κ1) is 12.5. The Morgan fingerprint density at radius 1 is 1.40 bits per heavy atom. The van der Waals surface area contributed by atoms with E-state index in [1.807, 2.05) is 0 Å². The van der Waals surface area contributed by atoms with E-state index >= 15 is 0 Å². The van der Waals surface area contributed by atoms with Crippen LogP contribution in [0.25, 0.3) is 0 Å². The third kappa shape index (κ3) is 4.22. The highest BCUT2D eigenvalue weighted by Gasteiger charge is 2.11. The van der Waals surface area contributed by atoms with E-state index in [9.17, 15) is 8.42 Å². The number of aromatic nitrogens is 2. The van der Waals surface area contributed by atoms with Crippen molar-refractivity contribution in [3.05, 3.63) is 12.4 Å². The van der Waals surface area contributed by atoms with Gasteiger partial charge in [0.15, 0.2) is 0 Å². The van der Waals surface area contributed by atoms with Crippen LogP contribution in [0.4, 0.5) is 0 Å². The first-order valence-corrected chi connectivity index (χ1v) is 7.32. The van der Waals surface area contributed by atoms with Crippen LogP contribution in [-0.2, 0) is 15.6 Å². The quantitative estimate of drug-likeness (QED) is 0.575. The molecule has 0 aliphatic heterocycles. The van der Waals surface area contributed by atoms with Crippen molar-refractivity contribution in [3.63, 3.8) is 0 Å². The molecule has 0 aliphatic carbocycles. The average Bonchev–Trinajstić information content (AvgIpc) is 2.60. The minimum atomic E-state index is -3.63. The Morgan fingerprint density at radius 3 is 2.67 bits per heavy atom. The first-order valence-electron chi connectivity index (χ1n) is 5.01. The van der Waals surface area contributed by atoms with Gasteiger partial charge in [0.1, 0.15) is 4.90 Å². The van der Waals surface area contributed by atoms with Crippen LogP contribution in [0.2, 0.25) is 0 Å². The Kier molecular flexibility index (Phi) is 4.60. The van der Waals surface area contributed by atoms with E-state index in [4.69, 9.17) is 10.7 Å². The van der Waals surface area contributed by atoms with Gasteiger partial charge in [-0.3, -0.25) is 4.68 Å². The molecule has 1 aromatic rings. The number of hydrogen-bond acceptors (Lipinski definition) is 3. The Balaban J connectivity index is 2.47. The lowest BCUT2D eigenvalue weighted by atomic mass is 10.2. The molecule has 15 heavy (non-hydrogen) atoms. The number of aryl methyl sites for hydroxylation is 1. The molecule has 1 rings (SSSR count). The summed E-state index contributed by atoms with van der Waals surface area (Å²) < 4.78 is 23.5. The Hall–Kier alpha value is -0.550. The lowest BCUT2D eigenvalue weighted by Crippen LogP contribution is -1.98. The number of rotatable bonds is 6. The van der Waals surface area contributed by atoms with E-state index in [0.717, 1.165) is 19.4 Å². The largest absolute Gasteiger partial charge is 0.271 e. The topological polar surface area (TPSA) is 52.0 Å². The van der Waals surface area contributed by atoms with Gasteiger partial charge in [0, 0.05) is 23.4 Å². The highest BCUT2D eigenvalue weighted by atomic mass is 35.7. The molecule has 0 aromatic carbocycles. The van der Waals surface area contributed by atoms with E-state index in [1.54, 1.807) is 4.68 Å². The minimum Gasteiger partial charge on any atom is -0.271 e. The molecule has 0 saturated carbocycles. The third-order valence-electron chi connectivity index (χ3n) is 2.13. The zero-order valence-electron chi connectivity index (χ0n) is 8.69. The zero-order valence-corrected chi connectivity index (χ0v) is 10.3. The van der Waals surface area contributed by atoms with E-state index in [0.29, 0.717) is 0 Å². The Labute approximate surface area is 94.7 Å². The van der Waals surface area contributed by atoms with Crippen LogP contribution in [0.15, 0.2) is 17.3 Å². The standard InChI is InChI=1S/C9H15ClN2O2S/c1-2-3-4-5-6-12-8-9(7-11-12)15(10,13)14/h7-8H,2-6H2,1H3. The maximum atomic E-state index is 10.9. The molecule has 4 nitrogen and oxygen atoms in total. The third-order valence-corrected chi connectivity index (χ3v) is 3.44. The predicted molar refractivity (Wildman–Crippen MR) is 59.4 cm³/mol. The van der Waals surface area contributed by atoms with Gasteiger partial charge < -0.3 is 0 Å².